The summed E-state index contributed by atoms with van der Waals surface area (Å²) < 4.78 is 0. The minimum atomic E-state index is 0.309. The Labute approximate surface area is 111 Å². The first kappa shape index (κ1) is 15.0. The fourth-order valence-electron chi connectivity index (χ4n) is 2.16. The van der Waals surface area contributed by atoms with Crippen LogP contribution in [0.15, 0.2) is 24.3 Å². The summed E-state index contributed by atoms with van der Waals surface area (Å²) in [5.41, 5.74) is 7.92. The van der Waals surface area contributed by atoms with Gasteiger partial charge in [0.05, 0.1) is 0 Å². The number of unbranched alkanes of at least 4 members (excludes halogenated alkanes) is 2. The van der Waals surface area contributed by atoms with Crippen LogP contribution in [0.25, 0.3) is 0 Å². The fraction of sp³-hybridized carbons (Fsp3) is 0.600. The zero-order valence-corrected chi connectivity index (χ0v) is 11.4. The molecule has 0 fully saturated rings. The zero-order chi connectivity index (χ0) is 13.2. The maximum atomic E-state index is 8.77. The average molecular weight is 250 g/mol. The van der Waals surface area contributed by atoms with E-state index in [9.17, 15) is 0 Å². The Morgan fingerprint density at radius 1 is 1.17 bits per heavy atom. The fourth-order valence-corrected chi connectivity index (χ4v) is 2.16. The van der Waals surface area contributed by atoms with Crippen LogP contribution in [0.2, 0.25) is 0 Å². The second-order valence-electron chi connectivity index (χ2n) is 4.81. The third-order valence-corrected chi connectivity index (χ3v) is 3.03. The van der Waals surface area contributed by atoms with Crippen molar-refractivity contribution in [1.82, 2.24) is 4.90 Å². The molecule has 3 N–H and O–H groups in total. The molecule has 0 aliphatic carbocycles. The molecule has 1 rings (SSSR count). The number of aliphatic hydroxyl groups is 1. The minimum Gasteiger partial charge on any atom is -0.399 e. The number of nitrogens with zero attached hydrogens (tertiary/aromatic N) is 1. The smallest absolute Gasteiger partial charge is 0.0431 e. The maximum Gasteiger partial charge on any atom is 0.0431 e. The molecule has 0 radical (unpaired) electrons. The number of nitrogen functional groups attached to an aromatic ring is 1. The van der Waals surface area contributed by atoms with Gasteiger partial charge in [0.25, 0.3) is 0 Å². The van der Waals surface area contributed by atoms with Gasteiger partial charge in [-0.1, -0.05) is 19.1 Å². The lowest BCUT2D eigenvalue weighted by molar-refractivity contribution is 0.247. The Morgan fingerprint density at radius 3 is 2.67 bits per heavy atom. The van der Waals surface area contributed by atoms with E-state index in [0.717, 1.165) is 44.6 Å². The molecule has 0 saturated heterocycles. The molecule has 1 aromatic carbocycles. The van der Waals surface area contributed by atoms with Gasteiger partial charge in [0.15, 0.2) is 0 Å². The molecule has 0 amide bonds. The monoisotopic (exact) mass is 250 g/mol. The summed E-state index contributed by atoms with van der Waals surface area (Å²) in [7, 11) is 0. The summed E-state index contributed by atoms with van der Waals surface area (Å²) in [6.07, 6.45) is 4.34. The third kappa shape index (κ3) is 6.03. The SMILES string of the molecule is CCCN(CCCCCO)Cc1cccc(N)c1. The van der Waals surface area contributed by atoms with Gasteiger partial charge in [-0.2, -0.15) is 0 Å². The molecule has 1 aromatic rings. The van der Waals surface area contributed by atoms with Crippen LogP contribution in [-0.2, 0) is 6.54 Å². The van der Waals surface area contributed by atoms with E-state index in [-0.39, 0.29) is 0 Å². The van der Waals surface area contributed by atoms with Gasteiger partial charge in [0.2, 0.25) is 0 Å². The van der Waals surface area contributed by atoms with Crippen LogP contribution in [0, 0.1) is 0 Å². The van der Waals surface area contributed by atoms with Crippen molar-refractivity contribution in [2.24, 2.45) is 0 Å². The van der Waals surface area contributed by atoms with Crippen LogP contribution in [0.3, 0.4) is 0 Å². The van der Waals surface area contributed by atoms with Gasteiger partial charge in [-0.05, 0) is 56.5 Å². The van der Waals surface area contributed by atoms with Gasteiger partial charge in [0.1, 0.15) is 0 Å². The lowest BCUT2D eigenvalue weighted by Gasteiger charge is -2.21. The molecule has 0 aliphatic heterocycles. The summed E-state index contributed by atoms with van der Waals surface area (Å²) >= 11 is 0. The van der Waals surface area contributed by atoms with Crippen LogP contribution in [-0.4, -0.2) is 29.7 Å². The van der Waals surface area contributed by atoms with E-state index in [0.29, 0.717) is 6.61 Å². The van der Waals surface area contributed by atoms with Crippen molar-refractivity contribution >= 4 is 5.69 Å². The predicted molar refractivity (Wildman–Crippen MR) is 77.4 cm³/mol. The number of hydrogen-bond acceptors (Lipinski definition) is 3. The van der Waals surface area contributed by atoms with Gasteiger partial charge >= 0.3 is 0 Å². The standard InChI is InChI=1S/C15H26N2O/c1-2-9-17(10-4-3-5-11-18)13-14-7-6-8-15(16)12-14/h6-8,12,18H,2-5,9-11,13,16H2,1H3. The first-order valence-corrected chi connectivity index (χ1v) is 6.94. The van der Waals surface area contributed by atoms with Crippen molar-refractivity contribution in [2.75, 3.05) is 25.4 Å². The Balaban J connectivity index is 2.41. The molecule has 0 bridgehead atoms. The van der Waals surface area contributed by atoms with Crippen molar-refractivity contribution in [1.29, 1.82) is 0 Å². The summed E-state index contributed by atoms with van der Waals surface area (Å²) in [6, 6.07) is 8.12. The van der Waals surface area contributed by atoms with Gasteiger partial charge in [-0.25, -0.2) is 0 Å². The molecular formula is C15H26N2O. The topological polar surface area (TPSA) is 49.5 Å². The molecule has 0 heterocycles. The highest BCUT2D eigenvalue weighted by Gasteiger charge is 2.05. The predicted octanol–water partition coefficient (Wildman–Crippen LogP) is 2.64. The lowest BCUT2D eigenvalue weighted by atomic mass is 10.1. The highest BCUT2D eigenvalue weighted by atomic mass is 16.2. The number of rotatable bonds is 9. The second-order valence-corrected chi connectivity index (χ2v) is 4.81. The van der Waals surface area contributed by atoms with E-state index in [2.05, 4.69) is 24.0 Å². The lowest BCUT2D eigenvalue weighted by Crippen LogP contribution is -2.25. The summed E-state index contributed by atoms with van der Waals surface area (Å²) in [5.74, 6) is 0. The number of hydrogen-bond donors (Lipinski definition) is 2. The van der Waals surface area contributed by atoms with Crippen LogP contribution in [0.1, 0.15) is 38.2 Å². The zero-order valence-electron chi connectivity index (χ0n) is 11.4. The normalized spacial score (nSPS) is 11.1. The second kappa shape index (κ2) is 8.95. The largest absolute Gasteiger partial charge is 0.399 e. The third-order valence-electron chi connectivity index (χ3n) is 3.03. The molecular weight excluding hydrogens is 224 g/mol. The molecule has 0 aliphatic rings. The molecule has 3 heteroatoms. The van der Waals surface area contributed by atoms with Gasteiger partial charge in [-0.3, -0.25) is 4.90 Å². The van der Waals surface area contributed by atoms with Gasteiger partial charge in [-0.15, -0.1) is 0 Å². The highest BCUT2D eigenvalue weighted by molar-refractivity contribution is 5.40. The van der Waals surface area contributed by atoms with E-state index in [1.54, 1.807) is 0 Å². The minimum absolute atomic E-state index is 0.309. The highest BCUT2D eigenvalue weighted by Crippen LogP contribution is 2.11. The first-order chi connectivity index (χ1) is 8.76. The van der Waals surface area contributed by atoms with E-state index < -0.39 is 0 Å². The molecule has 0 spiro atoms. The van der Waals surface area contributed by atoms with Crippen molar-refractivity contribution in [3.8, 4) is 0 Å². The van der Waals surface area contributed by atoms with Crippen molar-refractivity contribution in [3.05, 3.63) is 29.8 Å². The van der Waals surface area contributed by atoms with Gasteiger partial charge < -0.3 is 10.8 Å². The molecule has 3 nitrogen and oxygen atoms in total. The average Bonchev–Trinajstić information content (AvgIpc) is 2.35. The van der Waals surface area contributed by atoms with Crippen molar-refractivity contribution in [2.45, 2.75) is 39.2 Å². The Bertz CT molecular complexity index is 328. The van der Waals surface area contributed by atoms with Crippen LogP contribution in [0.4, 0.5) is 5.69 Å². The summed E-state index contributed by atoms with van der Waals surface area (Å²) in [4.78, 5) is 2.46. The summed E-state index contributed by atoms with van der Waals surface area (Å²) in [6.45, 7) is 5.71. The van der Waals surface area contributed by atoms with Gasteiger partial charge in [0, 0.05) is 18.8 Å². The Hall–Kier alpha value is -1.06. The molecule has 0 aromatic heterocycles. The Morgan fingerprint density at radius 2 is 2.00 bits per heavy atom. The summed E-state index contributed by atoms with van der Waals surface area (Å²) in [5, 5.41) is 8.77. The first-order valence-electron chi connectivity index (χ1n) is 6.94. The molecule has 102 valence electrons. The molecule has 0 atom stereocenters. The van der Waals surface area contributed by atoms with E-state index >= 15 is 0 Å². The molecule has 18 heavy (non-hydrogen) atoms. The number of aliphatic hydroxyl groups excluding tert-OH is 1. The van der Waals surface area contributed by atoms with E-state index in [1.165, 1.54) is 12.0 Å². The van der Waals surface area contributed by atoms with Crippen LogP contribution in [0.5, 0.6) is 0 Å². The quantitative estimate of drug-likeness (QED) is 0.523. The van der Waals surface area contributed by atoms with E-state index in [1.807, 2.05) is 12.1 Å². The number of anilines is 1. The van der Waals surface area contributed by atoms with Crippen LogP contribution >= 0.6 is 0 Å². The van der Waals surface area contributed by atoms with Crippen LogP contribution < -0.4 is 5.73 Å². The maximum absolute atomic E-state index is 8.77. The van der Waals surface area contributed by atoms with Crippen molar-refractivity contribution < 1.29 is 5.11 Å². The van der Waals surface area contributed by atoms with Crippen molar-refractivity contribution in [3.63, 3.8) is 0 Å². The Kier molecular flexibility index (Phi) is 7.46. The molecule has 0 saturated carbocycles. The molecule has 0 unspecified atom stereocenters. The number of nitrogens with two attached hydrogens (primary N) is 1. The van der Waals surface area contributed by atoms with E-state index in [4.69, 9.17) is 10.8 Å². The number of benzene rings is 1.